The quantitative estimate of drug-likeness (QED) is 0.521. The van der Waals surface area contributed by atoms with Crippen LogP contribution in [0.15, 0.2) is 0 Å². The second-order valence-corrected chi connectivity index (χ2v) is 4.35. The highest BCUT2D eigenvalue weighted by atomic mass is 19.4. The Morgan fingerprint density at radius 2 is 1.89 bits per heavy atom. The SMILES string of the molecule is CCNC(C)(CCCOCC(F)(F)F)C(=O)OCC. The van der Waals surface area contributed by atoms with E-state index in [4.69, 9.17) is 4.74 Å². The maximum absolute atomic E-state index is 11.9. The topological polar surface area (TPSA) is 47.6 Å². The van der Waals surface area contributed by atoms with Gasteiger partial charge in [-0.3, -0.25) is 4.79 Å². The maximum Gasteiger partial charge on any atom is 0.411 e. The van der Waals surface area contributed by atoms with Gasteiger partial charge in [0.25, 0.3) is 0 Å². The van der Waals surface area contributed by atoms with E-state index in [1.165, 1.54) is 0 Å². The number of carbonyl (C=O) groups is 1. The molecule has 0 fully saturated rings. The van der Waals surface area contributed by atoms with Crippen molar-refractivity contribution in [2.24, 2.45) is 0 Å². The highest BCUT2D eigenvalue weighted by Crippen LogP contribution is 2.17. The molecule has 0 saturated carbocycles. The Balaban J connectivity index is 4.11. The molecular formula is C12H22F3NO3. The molecule has 0 heterocycles. The molecule has 0 rings (SSSR count). The van der Waals surface area contributed by atoms with Crippen LogP contribution in [0.2, 0.25) is 0 Å². The van der Waals surface area contributed by atoms with Gasteiger partial charge in [0.1, 0.15) is 12.1 Å². The smallest absolute Gasteiger partial charge is 0.411 e. The first-order valence-electron chi connectivity index (χ1n) is 6.32. The Morgan fingerprint density at radius 3 is 2.37 bits per heavy atom. The molecule has 0 bridgehead atoms. The average Bonchev–Trinajstić information content (AvgIpc) is 2.27. The van der Waals surface area contributed by atoms with E-state index in [0.29, 0.717) is 19.4 Å². The van der Waals surface area contributed by atoms with Crippen molar-refractivity contribution in [2.45, 2.75) is 45.3 Å². The van der Waals surface area contributed by atoms with Crippen LogP contribution in [-0.4, -0.2) is 44.0 Å². The molecule has 0 spiro atoms. The highest BCUT2D eigenvalue weighted by molar-refractivity contribution is 5.80. The van der Waals surface area contributed by atoms with Crippen LogP contribution in [0.1, 0.15) is 33.6 Å². The molecule has 114 valence electrons. The average molecular weight is 285 g/mol. The first-order chi connectivity index (χ1) is 8.75. The molecule has 0 saturated heterocycles. The zero-order valence-electron chi connectivity index (χ0n) is 11.6. The van der Waals surface area contributed by atoms with Gasteiger partial charge >= 0.3 is 12.1 Å². The van der Waals surface area contributed by atoms with Crippen molar-refractivity contribution in [3.05, 3.63) is 0 Å². The molecule has 0 aromatic heterocycles. The predicted molar refractivity (Wildman–Crippen MR) is 64.8 cm³/mol. The molecule has 0 aliphatic carbocycles. The number of esters is 1. The van der Waals surface area contributed by atoms with Gasteiger partial charge in [-0.2, -0.15) is 13.2 Å². The fourth-order valence-corrected chi connectivity index (χ4v) is 1.66. The van der Waals surface area contributed by atoms with Crippen molar-refractivity contribution in [1.29, 1.82) is 0 Å². The molecular weight excluding hydrogens is 263 g/mol. The number of halogens is 3. The van der Waals surface area contributed by atoms with Crippen LogP contribution in [0, 0.1) is 0 Å². The summed E-state index contributed by atoms with van der Waals surface area (Å²) in [6, 6.07) is 0. The fourth-order valence-electron chi connectivity index (χ4n) is 1.66. The van der Waals surface area contributed by atoms with Crippen LogP contribution in [0.3, 0.4) is 0 Å². The lowest BCUT2D eigenvalue weighted by Gasteiger charge is -2.28. The van der Waals surface area contributed by atoms with E-state index < -0.39 is 24.3 Å². The third-order valence-corrected chi connectivity index (χ3v) is 2.52. The Morgan fingerprint density at radius 1 is 1.26 bits per heavy atom. The Hall–Kier alpha value is -0.820. The Kier molecular flexibility index (Phi) is 8.01. The molecule has 7 heteroatoms. The zero-order chi connectivity index (χ0) is 14.9. The van der Waals surface area contributed by atoms with Crippen LogP contribution in [0.4, 0.5) is 13.2 Å². The van der Waals surface area contributed by atoms with Gasteiger partial charge in [-0.15, -0.1) is 0 Å². The summed E-state index contributed by atoms with van der Waals surface area (Å²) < 4.78 is 45.0. The van der Waals surface area contributed by atoms with Gasteiger partial charge in [-0.25, -0.2) is 0 Å². The van der Waals surface area contributed by atoms with Crippen molar-refractivity contribution in [3.8, 4) is 0 Å². The van der Waals surface area contributed by atoms with Crippen LogP contribution in [0.5, 0.6) is 0 Å². The monoisotopic (exact) mass is 285 g/mol. The molecule has 4 nitrogen and oxygen atoms in total. The number of carbonyl (C=O) groups excluding carboxylic acids is 1. The van der Waals surface area contributed by atoms with E-state index in [1.54, 1.807) is 13.8 Å². The van der Waals surface area contributed by atoms with Crippen molar-refractivity contribution in [1.82, 2.24) is 5.32 Å². The maximum atomic E-state index is 11.9. The van der Waals surface area contributed by atoms with E-state index in [9.17, 15) is 18.0 Å². The number of ether oxygens (including phenoxy) is 2. The number of rotatable bonds is 9. The van der Waals surface area contributed by atoms with Crippen molar-refractivity contribution in [3.63, 3.8) is 0 Å². The summed E-state index contributed by atoms with van der Waals surface area (Å²) in [5.41, 5.74) is -0.883. The molecule has 0 amide bonds. The van der Waals surface area contributed by atoms with E-state index in [-0.39, 0.29) is 13.2 Å². The van der Waals surface area contributed by atoms with Gasteiger partial charge in [0.05, 0.1) is 6.61 Å². The van der Waals surface area contributed by atoms with E-state index in [2.05, 4.69) is 10.1 Å². The number of hydrogen-bond acceptors (Lipinski definition) is 4. The minimum absolute atomic E-state index is 0.0418. The molecule has 0 aliphatic heterocycles. The van der Waals surface area contributed by atoms with Gasteiger partial charge in [-0.1, -0.05) is 6.92 Å². The van der Waals surface area contributed by atoms with E-state index in [1.807, 2.05) is 6.92 Å². The summed E-state index contributed by atoms with van der Waals surface area (Å²) in [5, 5.41) is 3.00. The first-order valence-corrected chi connectivity index (χ1v) is 6.32. The van der Waals surface area contributed by atoms with Gasteiger partial charge in [0, 0.05) is 6.61 Å². The molecule has 0 aromatic carbocycles. The minimum Gasteiger partial charge on any atom is -0.465 e. The molecule has 0 aliphatic rings. The fraction of sp³-hybridized carbons (Fsp3) is 0.917. The molecule has 1 N–H and O–H groups in total. The Labute approximate surface area is 111 Å². The summed E-state index contributed by atoms with van der Waals surface area (Å²) in [5.74, 6) is -0.396. The number of alkyl halides is 3. The van der Waals surface area contributed by atoms with Crippen LogP contribution >= 0.6 is 0 Å². The minimum atomic E-state index is -4.31. The van der Waals surface area contributed by atoms with Crippen LogP contribution < -0.4 is 5.32 Å². The van der Waals surface area contributed by atoms with Crippen molar-refractivity contribution >= 4 is 5.97 Å². The lowest BCUT2D eigenvalue weighted by Crippen LogP contribution is -2.50. The van der Waals surface area contributed by atoms with Gasteiger partial charge in [0.15, 0.2) is 0 Å². The standard InChI is InChI=1S/C12H22F3NO3/c1-4-16-11(3,10(17)19-5-2)7-6-8-18-9-12(13,14)15/h16H,4-9H2,1-3H3. The van der Waals surface area contributed by atoms with Crippen molar-refractivity contribution in [2.75, 3.05) is 26.4 Å². The third kappa shape index (κ3) is 8.05. The summed E-state index contributed by atoms with van der Waals surface area (Å²) in [4.78, 5) is 11.8. The van der Waals surface area contributed by atoms with Crippen LogP contribution in [-0.2, 0) is 14.3 Å². The summed E-state index contributed by atoms with van der Waals surface area (Å²) >= 11 is 0. The largest absolute Gasteiger partial charge is 0.465 e. The van der Waals surface area contributed by atoms with Crippen molar-refractivity contribution < 1.29 is 27.4 Å². The molecule has 0 radical (unpaired) electrons. The lowest BCUT2D eigenvalue weighted by molar-refractivity contribution is -0.174. The molecule has 0 aromatic rings. The highest BCUT2D eigenvalue weighted by Gasteiger charge is 2.33. The van der Waals surface area contributed by atoms with Crippen LogP contribution in [0.25, 0.3) is 0 Å². The molecule has 1 atom stereocenters. The zero-order valence-corrected chi connectivity index (χ0v) is 11.6. The van der Waals surface area contributed by atoms with Gasteiger partial charge in [-0.05, 0) is 33.2 Å². The van der Waals surface area contributed by atoms with Gasteiger partial charge < -0.3 is 14.8 Å². The van der Waals surface area contributed by atoms with E-state index >= 15 is 0 Å². The summed E-state index contributed by atoms with van der Waals surface area (Å²) in [6.07, 6.45) is -3.61. The third-order valence-electron chi connectivity index (χ3n) is 2.52. The number of nitrogens with one attached hydrogen (secondary N) is 1. The summed E-state index contributed by atoms with van der Waals surface area (Å²) in [6.45, 7) is 4.76. The number of hydrogen-bond donors (Lipinski definition) is 1. The second kappa shape index (κ2) is 8.37. The normalized spacial score (nSPS) is 15.1. The Bertz CT molecular complexity index is 271. The molecule has 19 heavy (non-hydrogen) atoms. The lowest BCUT2D eigenvalue weighted by atomic mass is 9.96. The van der Waals surface area contributed by atoms with Gasteiger partial charge in [0.2, 0.25) is 0 Å². The molecule has 1 unspecified atom stereocenters. The second-order valence-electron chi connectivity index (χ2n) is 4.35. The van der Waals surface area contributed by atoms with E-state index in [0.717, 1.165) is 0 Å². The first kappa shape index (κ1) is 18.2. The summed E-state index contributed by atoms with van der Waals surface area (Å²) in [7, 11) is 0. The predicted octanol–water partition coefficient (Wildman–Crippen LogP) is 2.28. The number of likely N-dealkylation sites (N-methyl/N-ethyl adjacent to an activating group) is 1.